The number of phenolic OH excluding ortho intramolecular Hbond substituents is 1. The van der Waals surface area contributed by atoms with E-state index in [-0.39, 0.29) is 0 Å². The molecule has 0 fully saturated rings. The first-order valence-corrected chi connectivity index (χ1v) is 9.74. The van der Waals surface area contributed by atoms with E-state index in [1.807, 2.05) is 66.7 Å². The molecule has 4 aromatic rings. The molecule has 0 amide bonds. The molecule has 134 valence electrons. The molecule has 0 aliphatic heterocycles. The molecule has 4 rings (SSSR count). The Labute approximate surface area is 162 Å². The van der Waals surface area contributed by atoms with Crippen LogP contribution in [0, 0.1) is 0 Å². The number of pyridine rings is 1. The maximum atomic E-state index is 9.88. The van der Waals surface area contributed by atoms with Crippen LogP contribution in [0.25, 0.3) is 10.9 Å². The first-order valence-electron chi connectivity index (χ1n) is 8.75. The van der Waals surface area contributed by atoms with Crippen LogP contribution in [0.15, 0.2) is 89.8 Å². The van der Waals surface area contributed by atoms with Crippen LogP contribution in [0.3, 0.4) is 0 Å². The van der Waals surface area contributed by atoms with Crippen LogP contribution in [0.4, 0.5) is 0 Å². The van der Waals surface area contributed by atoms with Crippen LogP contribution in [0.1, 0.15) is 11.3 Å². The number of aromatic nitrogens is 1. The van der Waals surface area contributed by atoms with Crippen LogP contribution in [0.2, 0.25) is 0 Å². The maximum Gasteiger partial charge on any atom is 0.130 e. The normalized spacial score (nSPS) is 10.8. The summed E-state index contributed by atoms with van der Waals surface area (Å²) in [6, 6.07) is 27.6. The minimum Gasteiger partial charge on any atom is -0.508 e. The number of fused-ring (bicyclic) bond motifs is 1. The molecule has 0 aliphatic rings. The lowest BCUT2D eigenvalue weighted by molar-refractivity contribution is 0.301. The number of aromatic hydroxyl groups is 1. The van der Waals surface area contributed by atoms with Gasteiger partial charge in [-0.2, -0.15) is 0 Å². The van der Waals surface area contributed by atoms with Crippen molar-refractivity contribution >= 4 is 22.7 Å². The number of hydrogen-bond acceptors (Lipinski definition) is 4. The van der Waals surface area contributed by atoms with Gasteiger partial charge in [-0.1, -0.05) is 48.5 Å². The number of nitrogens with zero attached hydrogens (tertiary/aromatic N) is 1. The van der Waals surface area contributed by atoms with Crippen molar-refractivity contribution in [2.24, 2.45) is 0 Å². The molecule has 0 saturated carbocycles. The molecular formula is C23H19NO2S. The SMILES string of the molecule is Oc1ccccc1CSc1cccc(OCc2ccc3ccccc3n2)c1. The topological polar surface area (TPSA) is 42.4 Å². The highest BCUT2D eigenvalue weighted by molar-refractivity contribution is 7.98. The van der Waals surface area contributed by atoms with Gasteiger partial charge in [0.15, 0.2) is 0 Å². The molecule has 4 heteroatoms. The summed E-state index contributed by atoms with van der Waals surface area (Å²) >= 11 is 1.67. The van der Waals surface area contributed by atoms with Crippen molar-refractivity contribution in [3.05, 3.63) is 96.2 Å². The van der Waals surface area contributed by atoms with E-state index in [1.54, 1.807) is 17.8 Å². The molecule has 1 N–H and O–H groups in total. The molecule has 0 atom stereocenters. The highest BCUT2D eigenvalue weighted by Crippen LogP contribution is 2.29. The van der Waals surface area contributed by atoms with Crippen molar-refractivity contribution in [1.82, 2.24) is 4.98 Å². The van der Waals surface area contributed by atoms with E-state index in [4.69, 9.17) is 4.74 Å². The Balaban J connectivity index is 1.40. The van der Waals surface area contributed by atoms with Gasteiger partial charge in [0.25, 0.3) is 0 Å². The van der Waals surface area contributed by atoms with E-state index in [0.29, 0.717) is 18.1 Å². The predicted molar refractivity (Wildman–Crippen MR) is 110 cm³/mol. The summed E-state index contributed by atoms with van der Waals surface area (Å²) in [6.07, 6.45) is 0. The standard InChI is InChI=1S/C23H19NO2S/c25-23-11-4-2-7-18(23)16-27-21-9-5-8-20(14-21)26-15-19-13-12-17-6-1-3-10-22(17)24-19/h1-14,25H,15-16H2. The van der Waals surface area contributed by atoms with Crippen molar-refractivity contribution in [3.8, 4) is 11.5 Å². The number of ether oxygens (including phenoxy) is 1. The van der Waals surface area contributed by atoms with Gasteiger partial charge >= 0.3 is 0 Å². The first-order chi connectivity index (χ1) is 13.3. The lowest BCUT2D eigenvalue weighted by atomic mass is 10.2. The first kappa shape index (κ1) is 17.4. The Morgan fingerprint density at radius 2 is 1.70 bits per heavy atom. The third kappa shape index (κ3) is 4.41. The molecule has 0 bridgehead atoms. The van der Waals surface area contributed by atoms with E-state index in [2.05, 4.69) is 17.1 Å². The summed E-state index contributed by atoms with van der Waals surface area (Å²) in [5.74, 6) is 1.86. The molecule has 0 aliphatic carbocycles. The van der Waals surface area contributed by atoms with Gasteiger partial charge in [0.1, 0.15) is 18.1 Å². The fourth-order valence-corrected chi connectivity index (χ4v) is 3.73. The quantitative estimate of drug-likeness (QED) is 0.433. The van der Waals surface area contributed by atoms with Crippen molar-refractivity contribution in [2.45, 2.75) is 17.3 Å². The fourth-order valence-electron chi connectivity index (χ4n) is 2.79. The second kappa shape index (κ2) is 8.14. The summed E-state index contributed by atoms with van der Waals surface area (Å²) in [4.78, 5) is 5.74. The van der Waals surface area contributed by atoms with Crippen LogP contribution in [-0.2, 0) is 12.4 Å². The molecule has 3 nitrogen and oxygen atoms in total. The van der Waals surface area contributed by atoms with Gasteiger partial charge in [-0.3, -0.25) is 0 Å². The van der Waals surface area contributed by atoms with Crippen molar-refractivity contribution < 1.29 is 9.84 Å². The van der Waals surface area contributed by atoms with Crippen molar-refractivity contribution in [3.63, 3.8) is 0 Å². The lowest BCUT2D eigenvalue weighted by Crippen LogP contribution is -1.98. The molecule has 0 spiro atoms. The number of rotatable bonds is 6. The molecule has 3 aromatic carbocycles. The number of phenols is 1. The zero-order valence-electron chi connectivity index (χ0n) is 14.7. The third-order valence-electron chi connectivity index (χ3n) is 4.23. The average molecular weight is 373 g/mol. The zero-order valence-corrected chi connectivity index (χ0v) is 15.5. The van der Waals surface area contributed by atoms with Crippen LogP contribution in [0.5, 0.6) is 11.5 Å². The number of benzene rings is 3. The Morgan fingerprint density at radius 3 is 2.63 bits per heavy atom. The molecule has 1 heterocycles. The van der Waals surface area contributed by atoms with E-state index in [0.717, 1.165) is 32.8 Å². The molecule has 27 heavy (non-hydrogen) atoms. The van der Waals surface area contributed by atoms with Gasteiger partial charge in [-0.25, -0.2) is 4.98 Å². The maximum absolute atomic E-state index is 9.88. The van der Waals surface area contributed by atoms with Gasteiger partial charge in [-0.05, 0) is 36.4 Å². The van der Waals surface area contributed by atoms with Gasteiger partial charge < -0.3 is 9.84 Å². The van der Waals surface area contributed by atoms with Crippen LogP contribution >= 0.6 is 11.8 Å². The minimum atomic E-state index is 0.333. The van der Waals surface area contributed by atoms with E-state index >= 15 is 0 Å². The van der Waals surface area contributed by atoms with Gasteiger partial charge in [0.05, 0.1) is 11.2 Å². The van der Waals surface area contributed by atoms with E-state index < -0.39 is 0 Å². The van der Waals surface area contributed by atoms with Crippen molar-refractivity contribution in [2.75, 3.05) is 0 Å². The predicted octanol–water partition coefficient (Wildman–Crippen LogP) is 5.81. The molecule has 0 unspecified atom stereocenters. The zero-order chi connectivity index (χ0) is 18.5. The largest absolute Gasteiger partial charge is 0.508 e. The second-order valence-electron chi connectivity index (χ2n) is 6.18. The Hall–Kier alpha value is -2.98. The van der Waals surface area contributed by atoms with Crippen LogP contribution < -0.4 is 4.74 Å². The summed E-state index contributed by atoms with van der Waals surface area (Å²) in [6.45, 7) is 0.429. The van der Waals surface area contributed by atoms with Crippen molar-refractivity contribution in [1.29, 1.82) is 0 Å². The van der Waals surface area contributed by atoms with E-state index in [1.165, 1.54) is 0 Å². The number of thioether (sulfide) groups is 1. The fraction of sp³-hybridized carbons (Fsp3) is 0.0870. The molecule has 0 radical (unpaired) electrons. The summed E-state index contributed by atoms with van der Waals surface area (Å²) in [7, 11) is 0. The monoisotopic (exact) mass is 373 g/mol. The Bertz CT molecular complexity index is 1060. The average Bonchev–Trinajstić information content (AvgIpc) is 2.72. The number of hydrogen-bond donors (Lipinski definition) is 1. The highest BCUT2D eigenvalue weighted by Gasteiger charge is 2.04. The number of para-hydroxylation sites is 2. The second-order valence-corrected chi connectivity index (χ2v) is 7.22. The van der Waals surface area contributed by atoms with Gasteiger partial charge in [-0.15, -0.1) is 11.8 Å². The minimum absolute atomic E-state index is 0.333. The lowest BCUT2D eigenvalue weighted by Gasteiger charge is -2.09. The van der Waals surface area contributed by atoms with Crippen LogP contribution in [-0.4, -0.2) is 10.1 Å². The summed E-state index contributed by atoms with van der Waals surface area (Å²) < 4.78 is 5.93. The van der Waals surface area contributed by atoms with E-state index in [9.17, 15) is 5.11 Å². The molecule has 0 saturated heterocycles. The molecular weight excluding hydrogens is 354 g/mol. The highest BCUT2D eigenvalue weighted by atomic mass is 32.2. The summed E-state index contributed by atoms with van der Waals surface area (Å²) in [5, 5.41) is 11.0. The molecule has 1 aromatic heterocycles. The Morgan fingerprint density at radius 1 is 0.852 bits per heavy atom. The summed E-state index contributed by atoms with van der Waals surface area (Å²) in [5.41, 5.74) is 2.81. The van der Waals surface area contributed by atoms with Gasteiger partial charge in [0.2, 0.25) is 0 Å². The van der Waals surface area contributed by atoms with Gasteiger partial charge in [0, 0.05) is 21.6 Å². The Kier molecular flexibility index (Phi) is 5.26. The smallest absolute Gasteiger partial charge is 0.130 e. The third-order valence-corrected chi connectivity index (χ3v) is 5.28.